The van der Waals surface area contributed by atoms with Gasteiger partial charge in [-0.15, -0.1) is 0 Å². The van der Waals surface area contributed by atoms with Crippen molar-refractivity contribution in [2.45, 2.75) is 148 Å². The Morgan fingerprint density at radius 3 is 1.86 bits per heavy atom. The predicted molar refractivity (Wildman–Crippen MR) is 152 cm³/mol. The number of rotatable bonds is 25. The fraction of sp³-hybridized carbons (Fsp3) is 0.968. The molecule has 0 aromatic heterocycles. The fourth-order valence-corrected chi connectivity index (χ4v) is 5.45. The molecule has 0 atom stereocenters. The topological polar surface area (TPSA) is 41.6 Å². The van der Waals surface area contributed by atoms with Gasteiger partial charge in [0.2, 0.25) is 0 Å². The van der Waals surface area contributed by atoms with Gasteiger partial charge in [0.1, 0.15) is 0 Å². The molecular weight excluding hydrogens is 432 g/mol. The molecule has 0 heterocycles. The molecule has 1 fully saturated rings. The van der Waals surface area contributed by atoms with Gasteiger partial charge in [-0.2, -0.15) is 0 Å². The number of nitrogens with one attached hydrogen (secondary N) is 1. The van der Waals surface area contributed by atoms with Gasteiger partial charge in [-0.3, -0.25) is 4.79 Å². The average Bonchev–Trinajstić information content (AvgIpc) is 2.87. The highest BCUT2D eigenvalue weighted by Crippen LogP contribution is 2.26. The fourth-order valence-electron chi connectivity index (χ4n) is 5.45. The number of likely N-dealkylation sites (N-methyl/N-ethyl adjacent to an activating group) is 1. The van der Waals surface area contributed by atoms with Crippen LogP contribution in [0.3, 0.4) is 0 Å². The van der Waals surface area contributed by atoms with Crippen LogP contribution in [-0.4, -0.2) is 50.7 Å². The molecule has 0 aromatic carbocycles. The van der Waals surface area contributed by atoms with Crippen LogP contribution in [0.5, 0.6) is 0 Å². The van der Waals surface area contributed by atoms with Crippen molar-refractivity contribution in [3.63, 3.8) is 0 Å². The first-order valence-electron chi connectivity index (χ1n) is 15.8. The van der Waals surface area contributed by atoms with Crippen LogP contribution in [0.2, 0.25) is 0 Å². The van der Waals surface area contributed by atoms with Crippen molar-refractivity contribution in [2.75, 3.05) is 39.8 Å². The first-order chi connectivity index (χ1) is 17.3. The van der Waals surface area contributed by atoms with Crippen LogP contribution >= 0.6 is 0 Å². The van der Waals surface area contributed by atoms with Gasteiger partial charge in [-0.05, 0) is 51.7 Å². The molecule has 0 unspecified atom stereocenters. The van der Waals surface area contributed by atoms with E-state index >= 15 is 0 Å². The Balaban J connectivity index is 1.91. The summed E-state index contributed by atoms with van der Waals surface area (Å²) in [7, 11) is 2.06. The maximum atomic E-state index is 11.9. The van der Waals surface area contributed by atoms with Crippen molar-refractivity contribution >= 4 is 5.97 Å². The summed E-state index contributed by atoms with van der Waals surface area (Å²) in [5, 5.41) is 3.32. The van der Waals surface area contributed by atoms with Crippen molar-refractivity contribution in [1.82, 2.24) is 10.2 Å². The Kier molecular flexibility index (Phi) is 23.2. The van der Waals surface area contributed by atoms with Gasteiger partial charge in [0, 0.05) is 19.5 Å². The highest BCUT2D eigenvalue weighted by molar-refractivity contribution is 5.69. The molecule has 0 amide bonds. The van der Waals surface area contributed by atoms with E-state index in [0.29, 0.717) is 13.0 Å². The van der Waals surface area contributed by atoms with Crippen molar-refractivity contribution in [1.29, 1.82) is 0 Å². The van der Waals surface area contributed by atoms with E-state index in [1.807, 2.05) is 0 Å². The molecule has 0 radical (unpaired) electrons. The molecule has 1 N–H and O–H groups in total. The van der Waals surface area contributed by atoms with E-state index in [1.165, 1.54) is 142 Å². The van der Waals surface area contributed by atoms with E-state index in [4.69, 9.17) is 4.74 Å². The van der Waals surface area contributed by atoms with Crippen molar-refractivity contribution in [2.24, 2.45) is 5.92 Å². The van der Waals surface area contributed by atoms with E-state index in [0.717, 1.165) is 25.3 Å². The van der Waals surface area contributed by atoms with Crippen LogP contribution in [0.25, 0.3) is 0 Å². The third kappa shape index (κ3) is 21.2. The first-order valence-corrected chi connectivity index (χ1v) is 15.8. The van der Waals surface area contributed by atoms with Gasteiger partial charge in [-0.1, -0.05) is 116 Å². The van der Waals surface area contributed by atoms with Gasteiger partial charge < -0.3 is 15.0 Å². The third-order valence-electron chi connectivity index (χ3n) is 7.88. The molecule has 208 valence electrons. The van der Waals surface area contributed by atoms with Crippen molar-refractivity contribution in [3.8, 4) is 0 Å². The SMILES string of the molecule is CCCCCCCCCCN(CCCCCCCCCC(=O)OCCC1CCCCC1)CCNC. The summed E-state index contributed by atoms with van der Waals surface area (Å²) in [5.74, 6) is 0.830. The second-order valence-electron chi connectivity index (χ2n) is 11.2. The Morgan fingerprint density at radius 2 is 1.29 bits per heavy atom. The van der Waals surface area contributed by atoms with Gasteiger partial charge in [0.05, 0.1) is 6.61 Å². The second kappa shape index (κ2) is 25.1. The Hall–Kier alpha value is -0.610. The van der Waals surface area contributed by atoms with Gasteiger partial charge in [-0.25, -0.2) is 0 Å². The minimum absolute atomic E-state index is 0.0268. The van der Waals surface area contributed by atoms with Crippen molar-refractivity contribution < 1.29 is 9.53 Å². The van der Waals surface area contributed by atoms with Crippen LogP contribution in [-0.2, 0) is 9.53 Å². The Labute approximate surface area is 219 Å². The summed E-state index contributed by atoms with van der Waals surface area (Å²) < 4.78 is 5.47. The zero-order valence-electron chi connectivity index (χ0n) is 23.9. The zero-order valence-corrected chi connectivity index (χ0v) is 23.9. The molecule has 0 aliphatic heterocycles. The molecule has 0 saturated heterocycles. The molecule has 4 nitrogen and oxygen atoms in total. The Morgan fingerprint density at radius 1 is 0.743 bits per heavy atom. The van der Waals surface area contributed by atoms with E-state index in [1.54, 1.807) is 0 Å². The zero-order chi connectivity index (χ0) is 25.2. The molecule has 1 aliphatic carbocycles. The lowest BCUT2D eigenvalue weighted by Gasteiger charge is -2.22. The first kappa shape index (κ1) is 32.4. The van der Waals surface area contributed by atoms with Crippen LogP contribution in [0.15, 0.2) is 0 Å². The largest absolute Gasteiger partial charge is 0.466 e. The lowest BCUT2D eigenvalue weighted by atomic mass is 9.87. The number of unbranched alkanes of at least 4 members (excludes halogenated alkanes) is 13. The van der Waals surface area contributed by atoms with E-state index in [-0.39, 0.29) is 5.97 Å². The van der Waals surface area contributed by atoms with Gasteiger partial charge in [0.25, 0.3) is 0 Å². The maximum Gasteiger partial charge on any atom is 0.305 e. The number of carbonyl (C=O) groups excluding carboxylic acids is 1. The molecule has 35 heavy (non-hydrogen) atoms. The molecule has 1 saturated carbocycles. The summed E-state index contributed by atoms with van der Waals surface area (Å²) in [5.41, 5.74) is 0. The van der Waals surface area contributed by atoms with Gasteiger partial charge >= 0.3 is 5.97 Å². The standard InChI is InChI=1S/C31H62N2O2/c1-3-4-5-6-7-10-13-19-26-33(28-25-32-2)27-20-14-11-8-9-12-18-23-31(34)35-29-24-30-21-16-15-17-22-30/h30,32H,3-29H2,1-2H3. The lowest BCUT2D eigenvalue weighted by molar-refractivity contribution is -0.144. The quantitative estimate of drug-likeness (QED) is 0.102. The summed E-state index contributed by atoms with van der Waals surface area (Å²) in [6, 6.07) is 0. The number of ether oxygens (including phenoxy) is 1. The highest BCUT2D eigenvalue weighted by Gasteiger charge is 2.14. The molecule has 0 spiro atoms. The minimum atomic E-state index is 0.0268. The molecule has 0 aromatic rings. The smallest absolute Gasteiger partial charge is 0.305 e. The normalized spacial score (nSPS) is 14.6. The number of nitrogens with zero attached hydrogens (tertiary/aromatic N) is 1. The third-order valence-corrected chi connectivity index (χ3v) is 7.88. The minimum Gasteiger partial charge on any atom is -0.466 e. The van der Waals surface area contributed by atoms with Crippen LogP contribution in [0, 0.1) is 5.92 Å². The monoisotopic (exact) mass is 494 g/mol. The van der Waals surface area contributed by atoms with Crippen molar-refractivity contribution in [3.05, 3.63) is 0 Å². The second-order valence-corrected chi connectivity index (χ2v) is 11.2. The highest BCUT2D eigenvalue weighted by atomic mass is 16.5. The molecule has 4 heteroatoms. The maximum absolute atomic E-state index is 11.9. The summed E-state index contributed by atoms with van der Waals surface area (Å²) in [6.07, 6.45) is 28.5. The summed E-state index contributed by atoms with van der Waals surface area (Å²) >= 11 is 0. The number of carbonyl (C=O) groups is 1. The van der Waals surface area contributed by atoms with E-state index in [9.17, 15) is 4.79 Å². The molecular formula is C31H62N2O2. The van der Waals surface area contributed by atoms with E-state index < -0.39 is 0 Å². The van der Waals surface area contributed by atoms with E-state index in [2.05, 4.69) is 24.2 Å². The summed E-state index contributed by atoms with van der Waals surface area (Å²) in [4.78, 5) is 14.6. The predicted octanol–water partition coefficient (Wildman–Crippen LogP) is 8.28. The van der Waals surface area contributed by atoms with Crippen LogP contribution in [0.4, 0.5) is 0 Å². The molecule has 1 rings (SSSR count). The average molecular weight is 495 g/mol. The summed E-state index contributed by atoms with van der Waals surface area (Å²) in [6.45, 7) is 7.75. The van der Waals surface area contributed by atoms with Crippen LogP contribution in [0.1, 0.15) is 148 Å². The molecule has 0 bridgehead atoms. The number of esters is 1. The molecule has 1 aliphatic rings. The number of hydrogen-bond acceptors (Lipinski definition) is 4. The lowest BCUT2D eigenvalue weighted by Crippen LogP contribution is -2.32. The van der Waals surface area contributed by atoms with Gasteiger partial charge in [0.15, 0.2) is 0 Å². The number of hydrogen-bond donors (Lipinski definition) is 1. The Bertz CT molecular complexity index is 451. The van der Waals surface area contributed by atoms with Crippen LogP contribution < -0.4 is 5.32 Å².